The number of hydrogen-bond donors (Lipinski definition) is 3. The second-order valence-corrected chi connectivity index (χ2v) is 8.01. The van der Waals surface area contributed by atoms with Gasteiger partial charge in [0.1, 0.15) is 11.5 Å². The molecule has 0 saturated heterocycles. The Labute approximate surface area is 179 Å². The van der Waals surface area contributed by atoms with Crippen LogP contribution in [0.3, 0.4) is 0 Å². The minimum absolute atomic E-state index is 0.0924. The van der Waals surface area contributed by atoms with Crippen LogP contribution in [0.15, 0.2) is 42.5 Å². The lowest BCUT2D eigenvalue weighted by molar-refractivity contribution is 0.0237. The third-order valence-corrected chi connectivity index (χ3v) is 6.11. The number of carbonyl (C=O) groups excluding carboxylic acids is 1. The summed E-state index contributed by atoms with van der Waals surface area (Å²) in [5.41, 5.74) is 2.13. The molecule has 4 rings (SSSR count). The molecule has 1 aliphatic heterocycles. The number of phenolic OH excluding ortho intramolecular Hbond substituents is 2. The number of cyclic esters (lactones) is 1. The number of carbonyl (C=O) groups is 2. The first-order chi connectivity index (χ1) is 14.6. The number of hydrogen-bond acceptors (Lipinski definition) is 5. The molecule has 3 aromatic rings. The molecule has 0 atom stereocenters. The summed E-state index contributed by atoms with van der Waals surface area (Å²) in [6, 6.07) is 11.0. The van der Waals surface area contributed by atoms with Crippen molar-refractivity contribution in [1.29, 1.82) is 0 Å². The highest BCUT2D eigenvalue weighted by molar-refractivity contribution is 6.06. The first kappa shape index (κ1) is 20.5. The molecule has 0 amide bonds. The van der Waals surface area contributed by atoms with E-state index in [1.165, 1.54) is 12.1 Å². The van der Waals surface area contributed by atoms with Crippen molar-refractivity contribution in [3.63, 3.8) is 0 Å². The van der Waals surface area contributed by atoms with Gasteiger partial charge in [-0.1, -0.05) is 12.1 Å². The van der Waals surface area contributed by atoms with Crippen LogP contribution in [0.25, 0.3) is 0 Å². The van der Waals surface area contributed by atoms with E-state index < -0.39 is 17.5 Å². The minimum Gasteiger partial charge on any atom is -0.507 e. The number of carboxylic acid groups (broad SMARTS) is 1. The first-order valence-electron chi connectivity index (χ1n) is 9.79. The quantitative estimate of drug-likeness (QED) is 0.542. The molecular formula is C25H22O6. The number of phenols is 2. The van der Waals surface area contributed by atoms with Gasteiger partial charge in [0, 0.05) is 16.7 Å². The fraction of sp³-hybridized carbons (Fsp3) is 0.200. The van der Waals surface area contributed by atoms with E-state index in [0.717, 1.165) is 22.3 Å². The normalized spacial score (nSPS) is 14.3. The Morgan fingerprint density at radius 3 is 1.77 bits per heavy atom. The van der Waals surface area contributed by atoms with Gasteiger partial charge in [0.25, 0.3) is 0 Å². The maximum Gasteiger partial charge on any atom is 0.341 e. The highest BCUT2D eigenvalue weighted by Gasteiger charge is 2.52. The average molecular weight is 418 g/mol. The molecule has 1 aliphatic rings. The van der Waals surface area contributed by atoms with E-state index in [1.807, 2.05) is 27.7 Å². The van der Waals surface area contributed by atoms with Crippen LogP contribution in [0.4, 0.5) is 0 Å². The number of esters is 1. The monoisotopic (exact) mass is 418 g/mol. The molecule has 0 aromatic heterocycles. The standard InChI is InChI=1S/C25H22O6/c1-12-8-18(20(26)10-14(12)3)25(19-9-13(2)15(4)11-21(19)27)17-7-5-6-16(23(28)29)22(17)24(30)31-25/h5-11,26-27H,1-4H3,(H,28,29). The second kappa shape index (κ2) is 6.87. The Balaban J connectivity index is 2.19. The molecule has 158 valence electrons. The fourth-order valence-electron chi connectivity index (χ4n) is 4.20. The van der Waals surface area contributed by atoms with Gasteiger partial charge >= 0.3 is 11.9 Å². The summed E-state index contributed by atoms with van der Waals surface area (Å²) >= 11 is 0. The van der Waals surface area contributed by atoms with Crippen LogP contribution in [0.5, 0.6) is 11.5 Å². The molecule has 0 fully saturated rings. The Hall–Kier alpha value is -3.80. The van der Waals surface area contributed by atoms with Crippen molar-refractivity contribution in [2.24, 2.45) is 0 Å². The van der Waals surface area contributed by atoms with E-state index in [-0.39, 0.29) is 39.3 Å². The zero-order valence-electron chi connectivity index (χ0n) is 17.6. The van der Waals surface area contributed by atoms with Gasteiger partial charge in [-0.25, -0.2) is 9.59 Å². The van der Waals surface area contributed by atoms with Crippen molar-refractivity contribution < 1.29 is 29.6 Å². The van der Waals surface area contributed by atoms with Crippen LogP contribution >= 0.6 is 0 Å². The van der Waals surface area contributed by atoms with Crippen LogP contribution < -0.4 is 0 Å². The van der Waals surface area contributed by atoms with E-state index in [2.05, 4.69) is 0 Å². The number of benzene rings is 3. The average Bonchev–Trinajstić information content (AvgIpc) is 3.01. The maximum absolute atomic E-state index is 13.0. The number of aromatic hydroxyl groups is 2. The lowest BCUT2D eigenvalue weighted by Crippen LogP contribution is -2.30. The Morgan fingerprint density at radius 1 is 0.806 bits per heavy atom. The molecule has 6 heteroatoms. The van der Waals surface area contributed by atoms with E-state index in [1.54, 1.807) is 30.3 Å². The predicted molar refractivity (Wildman–Crippen MR) is 114 cm³/mol. The molecule has 0 radical (unpaired) electrons. The predicted octanol–water partition coefficient (Wildman–Crippen LogP) is 4.49. The van der Waals surface area contributed by atoms with E-state index in [4.69, 9.17) is 4.74 Å². The van der Waals surface area contributed by atoms with E-state index in [0.29, 0.717) is 0 Å². The Kier molecular flexibility index (Phi) is 4.54. The summed E-state index contributed by atoms with van der Waals surface area (Å²) in [5.74, 6) is -2.34. The lowest BCUT2D eigenvalue weighted by atomic mass is 9.77. The van der Waals surface area contributed by atoms with E-state index >= 15 is 0 Å². The van der Waals surface area contributed by atoms with Gasteiger partial charge < -0.3 is 20.1 Å². The van der Waals surface area contributed by atoms with Gasteiger partial charge in [0.2, 0.25) is 0 Å². The van der Waals surface area contributed by atoms with Crippen molar-refractivity contribution in [3.05, 3.63) is 92.5 Å². The molecule has 31 heavy (non-hydrogen) atoms. The van der Waals surface area contributed by atoms with Gasteiger partial charge in [0.05, 0.1) is 11.1 Å². The SMILES string of the molecule is Cc1cc(O)c(C2(c3cc(C)c(C)cc3O)OC(=O)c3c(C(=O)O)cccc32)cc1C. The number of rotatable bonds is 3. The van der Waals surface area contributed by atoms with Crippen LogP contribution in [-0.2, 0) is 10.3 Å². The zero-order valence-corrected chi connectivity index (χ0v) is 17.6. The van der Waals surface area contributed by atoms with Crippen molar-refractivity contribution in [2.45, 2.75) is 33.3 Å². The first-order valence-corrected chi connectivity index (χ1v) is 9.79. The number of aryl methyl sites for hydroxylation is 4. The fourth-order valence-corrected chi connectivity index (χ4v) is 4.20. The largest absolute Gasteiger partial charge is 0.507 e. The lowest BCUT2D eigenvalue weighted by Gasteiger charge is -2.32. The maximum atomic E-state index is 13.0. The highest BCUT2D eigenvalue weighted by atomic mass is 16.6. The van der Waals surface area contributed by atoms with E-state index in [9.17, 15) is 24.9 Å². The van der Waals surface area contributed by atoms with Crippen LogP contribution in [0.2, 0.25) is 0 Å². The second-order valence-electron chi connectivity index (χ2n) is 8.01. The van der Waals surface area contributed by atoms with Crippen molar-refractivity contribution >= 4 is 11.9 Å². The molecule has 0 aliphatic carbocycles. The topological polar surface area (TPSA) is 104 Å². The van der Waals surface area contributed by atoms with Crippen molar-refractivity contribution in [2.75, 3.05) is 0 Å². The summed E-state index contributed by atoms with van der Waals surface area (Å²) in [5, 5.41) is 31.5. The number of fused-ring (bicyclic) bond motifs is 1. The zero-order chi connectivity index (χ0) is 22.7. The Morgan fingerprint density at radius 2 is 1.29 bits per heavy atom. The van der Waals surface area contributed by atoms with Gasteiger partial charge in [0.15, 0.2) is 5.60 Å². The molecule has 6 nitrogen and oxygen atoms in total. The molecule has 0 saturated carbocycles. The molecule has 0 spiro atoms. The Bertz CT molecular complexity index is 1210. The molecule has 1 heterocycles. The summed E-state index contributed by atoms with van der Waals surface area (Å²) in [6.07, 6.45) is 0. The van der Waals surface area contributed by atoms with Gasteiger partial charge in [-0.05, 0) is 80.3 Å². The summed E-state index contributed by atoms with van der Waals surface area (Å²) in [6.45, 7) is 7.40. The molecule has 0 unspecified atom stereocenters. The molecule has 0 bridgehead atoms. The summed E-state index contributed by atoms with van der Waals surface area (Å²) < 4.78 is 5.91. The van der Waals surface area contributed by atoms with Crippen molar-refractivity contribution in [1.82, 2.24) is 0 Å². The molecule has 3 N–H and O–H groups in total. The summed E-state index contributed by atoms with van der Waals surface area (Å²) in [7, 11) is 0. The van der Waals surface area contributed by atoms with Gasteiger partial charge in [-0.3, -0.25) is 0 Å². The minimum atomic E-state index is -1.71. The third-order valence-electron chi connectivity index (χ3n) is 6.11. The number of aromatic carboxylic acids is 1. The smallest absolute Gasteiger partial charge is 0.341 e. The summed E-state index contributed by atoms with van der Waals surface area (Å²) in [4.78, 5) is 24.8. The third kappa shape index (κ3) is 2.86. The van der Waals surface area contributed by atoms with Crippen LogP contribution in [0, 0.1) is 27.7 Å². The van der Waals surface area contributed by atoms with Crippen molar-refractivity contribution in [3.8, 4) is 11.5 Å². The molecular weight excluding hydrogens is 396 g/mol. The van der Waals surface area contributed by atoms with Gasteiger partial charge in [-0.2, -0.15) is 0 Å². The number of carboxylic acids is 1. The number of ether oxygens (including phenoxy) is 1. The molecule has 3 aromatic carbocycles. The van der Waals surface area contributed by atoms with Gasteiger partial charge in [-0.15, -0.1) is 0 Å². The van der Waals surface area contributed by atoms with Crippen LogP contribution in [-0.4, -0.2) is 27.3 Å². The highest BCUT2D eigenvalue weighted by Crippen LogP contribution is 2.53. The van der Waals surface area contributed by atoms with Crippen LogP contribution in [0.1, 0.15) is 59.7 Å².